The molecule has 1 aliphatic rings. The molecule has 0 spiro atoms. The van der Waals surface area contributed by atoms with Crippen LogP contribution < -0.4 is 5.73 Å². The molecule has 2 aromatic heterocycles. The highest BCUT2D eigenvalue weighted by molar-refractivity contribution is 7.17. The average Bonchev–Trinajstić information content (AvgIpc) is 2.97. The molecule has 3 rings (SSSR count). The number of nitrogens with zero attached hydrogens (tertiary/aromatic N) is 4. The number of likely N-dealkylation sites (tertiary alicyclic amines) is 1. The zero-order valence-electron chi connectivity index (χ0n) is 13.8. The topological polar surface area (TPSA) is 85.0 Å². The van der Waals surface area contributed by atoms with Crippen molar-refractivity contribution in [3.8, 4) is 10.8 Å². The van der Waals surface area contributed by atoms with Crippen molar-refractivity contribution in [1.29, 1.82) is 0 Å². The molecule has 2 aromatic rings. The molecule has 6 nitrogen and oxygen atoms in total. The number of aryl methyl sites for hydroxylation is 1. The first kappa shape index (κ1) is 18.8. The summed E-state index contributed by atoms with van der Waals surface area (Å²) in [5.41, 5.74) is 6.76. The van der Waals surface area contributed by atoms with E-state index in [1.165, 1.54) is 11.3 Å². The van der Waals surface area contributed by atoms with Gasteiger partial charge in [-0.05, 0) is 38.7 Å². The molecular weight excluding hydrogens is 346 g/mol. The molecule has 0 saturated carbocycles. The highest BCUT2D eigenvalue weighted by Gasteiger charge is 2.29. The Morgan fingerprint density at radius 3 is 2.79 bits per heavy atom. The maximum atomic E-state index is 12.8. The van der Waals surface area contributed by atoms with Crippen molar-refractivity contribution in [2.75, 3.05) is 13.1 Å². The standard InChI is InChI=1S/C16H21N5OS.ClH/c1-10(17)12-5-3-8-21(9-12)16(22)13-11(2)20-15(23-13)14-18-6-4-7-19-14;/h4,6-7,10,12H,3,5,8-9,17H2,1-2H3;1H. The smallest absolute Gasteiger partial charge is 0.265 e. The quantitative estimate of drug-likeness (QED) is 0.900. The van der Waals surface area contributed by atoms with Crippen LogP contribution in [-0.4, -0.2) is 44.9 Å². The van der Waals surface area contributed by atoms with Gasteiger partial charge in [0.1, 0.15) is 4.88 Å². The first-order valence-corrected chi connectivity index (χ1v) is 8.67. The zero-order valence-corrected chi connectivity index (χ0v) is 15.4. The minimum atomic E-state index is 0. The number of carbonyl (C=O) groups is 1. The van der Waals surface area contributed by atoms with Gasteiger partial charge in [0.05, 0.1) is 5.69 Å². The van der Waals surface area contributed by atoms with E-state index in [4.69, 9.17) is 5.73 Å². The number of aromatic nitrogens is 3. The number of halogens is 1. The molecule has 0 radical (unpaired) electrons. The number of rotatable bonds is 3. The van der Waals surface area contributed by atoms with Crippen LogP contribution in [0.15, 0.2) is 18.5 Å². The van der Waals surface area contributed by atoms with Gasteiger partial charge < -0.3 is 10.6 Å². The van der Waals surface area contributed by atoms with E-state index < -0.39 is 0 Å². The van der Waals surface area contributed by atoms with E-state index in [2.05, 4.69) is 15.0 Å². The minimum Gasteiger partial charge on any atom is -0.338 e. The third-order valence-electron chi connectivity index (χ3n) is 4.24. The fraction of sp³-hybridized carbons (Fsp3) is 0.500. The Bertz CT molecular complexity index is 691. The van der Waals surface area contributed by atoms with Crippen LogP contribution in [0.2, 0.25) is 0 Å². The summed E-state index contributed by atoms with van der Waals surface area (Å²) in [6.45, 7) is 5.40. The average molecular weight is 368 g/mol. The maximum absolute atomic E-state index is 12.8. The molecule has 8 heteroatoms. The van der Waals surface area contributed by atoms with Crippen LogP contribution in [0.3, 0.4) is 0 Å². The van der Waals surface area contributed by atoms with Crippen LogP contribution in [0.1, 0.15) is 35.1 Å². The molecular formula is C16H22ClN5OS. The van der Waals surface area contributed by atoms with Gasteiger partial charge in [0.15, 0.2) is 10.8 Å². The van der Waals surface area contributed by atoms with Crippen LogP contribution >= 0.6 is 23.7 Å². The summed E-state index contributed by atoms with van der Waals surface area (Å²) in [7, 11) is 0. The number of hydrogen-bond donors (Lipinski definition) is 1. The Labute approximate surface area is 151 Å². The monoisotopic (exact) mass is 367 g/mol. The molecule has 130 valence electrons. The van der Waals surface area contributed by atoms with Gasteiger partial charge in [0.2, 0.25) is 0 Å². The number of carbonyl (C=O) groups excluding carboxylic acids is 1. The van der Waals surface area contributed by atoms with Gasteiger partial charge in [-0.1, -0.05) is 0 Å². The van der Waals surface area contributed by atoms with Crippen molar-refractivity contribution in [2.24, 2.45) is 11.7 Å². The fourth-order valence-corrected chi connectivity index (χ4v) is 3.85. The molecule has 1 saturated heterocycles. The summed E-state index contributed by atoms with van der Waals surface area (Å²) in [5.74, 6) is 0.983. The summed E-state index contributed by atoms with van der Waals surface area (Å²) < 4.78 is 0. The summed E-state index contributed by atoms with van der Waals surface area (Å²) in [4.78, 5) is 28.3. The fourth-order valence-electron chi connectivity index (χ4n) is 2.87. The largest absolute Gasteiger partial charge is 0.338 e. The second-order valence-corrected chi connectivity index (χ2v) is 7.02. The Morgan fingerprint density at radius 2 is 2.12 bits per heavy atom. The molecule has 3 heterocycles. The lowest BCUT2D eigenvalue weighted by atomic mass is 9.92. The predicted octanol–water partition coefficient (Wildman–Crippen LogP) is 2.53. The van der Waals surface area contributed by atoms with E-state index in [-0.39, 0.29) is 24.4 Å². The van der Waals surface area contributed by atoms with Gasteiger partial charge >= 0.3 is 0 Å². The molecule has 2 atom stereocenters. The van der Waals surface area contributed by atoms with Crippen molar-refractivity contribution >= 4 is 29.7 Å². The predicted molar refractivity (Wildman–Crippen MR) is 97.4 cm³/mol. The molecule has 1 aliphatic heterocycles. The Hall–Kier alpha value is -1.57. The van der Waals surface area contributed by atoms with Crippen LogP contribution in [0.25, 0.3) is 10.8 Å². The minimum absolute atomic E-state index is 0. The van der Waals surface area contributed by atoms with Gasteiger partial charge in [0.25, 0.3) is 5.91 Å². The van der Waals surface area contributed by atoms with Crippen LogP contribution in [0.5, 0.6) is 0 Å². The summed E-state index contributed by atoms with van der Waals surface area (Å²) in [5, 5.41) is 0.687. The number of nitrogens with two attached hydrogens (primary N) is 1. The highest BCUT2D eigenvalue weighted by Crippen LogP contribution is 2.28. The third-order valence-corrected chi connectivity index (χ3v) is 5.38. The molecule has 2 unspecified atom stereocenters. The lowest BCUT2D eigenvalue weighted by Crippen LogP contribution is -2.45. The SMILES string of the molecule is Cc1nc(-c2ncccn2)sc1C(=O)N1CCCC(C(C)N)C1.Cl. The molecule has 0 aliphatic carbocycles. The maximum Gasteiger partial charge on any atom is 0.265 e. The Balaban J connectivity index is 0.00000208. The first-order valence-electron chi connectivity index (χ1n) is 7.86. The van der Waals surface area contributed by atoms with Gasteiger partial charge in [-0.15, -0.1) is 23.7 Å². The summed E-state index contributed by atoms with van der Waals surface area (Å²) in [6.07, 6.45) is 5.45. The van der Waals surface area contributed by atoms with Crippen molar-refractivity contribution < 1.29 is 4.79 Å². The molecule has 24 heavy (non-hydrogen) atoms. The molecule has 0 aromatic carbocycles. The Kier molecular flexibility index (Phi) is 6.26. The lowest BCUT2D eigenvalue weighted by molar-refractivity contribution is 0.0665. The van der Waals surface area contributed by atoms with Gasteiger partial charge in [-0.3, -0.25) is 4.79 Å². The van der Waals surface area contributed by atoms with Crippen molar-refractivity contribution in [3.05, 3.63) is 29.0 Å². The molecule has 1 amide bonds. The van der Waals surface area contributed by atoms with E-state index in [1.807, 2.05) is 18.7 Å². The van der Waals surface area contributed by atoms with E-state index in [0.717, 1.165) is 31.6 Å². The normalized spacial score (nSPS) is 18.8. The lowest BCUT2D eigenvalue weighted by Gasteiger charge is -2.34. The van der Waals surface area contributed by atoms with E-state index >= 15 is 0 Å². The van der Waals surface area contributed by atoms with Crippen LogP contribution in [0, 0.1) is 12.8 Å². The van der Waals surface area contributed by atoms with Crippen molar-refractivity contribution in [1.82, 2.24) is 19.9 Å². The molecule has 2 N–H and O–H groups in total. The van der Waals surface area contributed by atoms with E-state index in [1.54, 1.807) is 18.5 Å². The number of hydrogen-bond acceptors (Lipinski definition) is 6. The van der Waals surface area contributed by atoms with Gasteiger partial charge in [0, 0.05) is 31.5 Å². The molecule has 1 fully saturated rings. The van der Waals surface area contributed by atoms with E-state index in [9.17, 15) is 4.79 Å². The Morgan fingerprint density at radius 1 is 1.42 bits per heavy atom. The summed E-state index contributed by atoms with van der Waals surface area (Å²) in [6, 6.07) is 1.87. The van der Waals surface area contributed by atoms with Crippen molar-refractivity contribution in [2.45, 2.75) is 32.7 Å². The second kappa shape index (κ2) is 8.00. The second-order valence-electron chi connectivity index (χ2n) is 6.02. The van der Waals surface area contributed by atoms with E-state index in [0.29, 0.717) is 21.6 Å². The van der Waals surface area contributed by atoms with Crippen LogP contribution in [0.4, 0.5) is 0 Å². The highest BCUT2D eigenvalue weighted by atomic mass is 35.5. The third kappa shape index (κ3) is 3.91. The summed E-state index contributed by atoms with van der Waals surface area (Å²) >= 11 is 1.37. The van der Waals surface area contributed by atoms with Gasteiger partial charge in [-0.2, -0.15) is 0 Å². The van der Waals surface area contributed by atoms with Crippen molar-refractivity contribution in [3.63, 3.8) is 0 Å². The molecule has 0 bridgehead atoms. The van der Waals surface area contributed by atoms with Crippen LogP contribution in [-0.2, 0) is 0 Å². The van der Waals surface area contributed by atoms with Gasteiger partial charge in [-0.25, -0.2) is 15.0 Å². The zero-order chi connectivity index (χ0) is 16.4. The number of thiazole rings is 1. The number of piperidine rings is 1. The number of amides is 1. The first-order chi connectivity index (χ1) is 11.1.